The van der Waals surface area contributed by atoms with Gasteiger partial charge in [0.05, 0.1) is 0 Å². The zero-order chi connectivity index (χ0) is 15.9. The first-order chi connectivity index (χ1) is 10.6. The molecule has 6 nitrogen and oxygen atoms in total. The molecule has 1 aliphatic heterocycles. The first kappa shape index (κ1) is 16.3. The van der Waals surface area contributed by atoms with Crippen LogP contribution < -0.4 is 10.6 Å². The standard InChI is InChI=1S/C16H24N4O2/c1-3-8-17-16(22)18-14-6-4-13(5-7-14)15(21)20-11-9-19(2)10-12-20/h4-7H,3,8-12H2,1-2H3,(H2,17,18,22). The van der Waals surface area contributed by atoms with Crippen LogP contribution in [0.25, 0.3) is 0 Å². The molecule has 22 heavy (non-hydrogen) atoms. The highest BCUT2D eigenvalue weighted by molar-refractivity contribution is 5.95. The molecule has 0 spiro atoms. The maximum atomic E-state index is 12.4. The highest BCUT2D eigenvalue weighted by Gasteiger charge is 2.20. The maximum absolute atomic E-state index is 12.4. The van der Waals surface area contributed by atoms with E-state index in [2.05, 4.69) is 22.6 Å². The number of hydrogen-bond acceptors (Lipinski definition) is 3. The van der Waals surface area contributed by atoms with E-state index in [4.69, 9.17) is 0 Å². The lowest BCUT2D eigenvalue weighted by Crippen LogP contribution is -2.47. The van der Waals surface area contributed by atoms with Crippen LogP contribution in [0.5, 0.6) is 0 Å². The third-order valence-electron chi connectivity index (χ3n) is 3.72. The number of nitrogens with zero attached hydrogens (tertiary/aromatic N) is 2. The van der Waals surface area contributed by atoms with Crippen molar-refractivity contribution in [2.75, 3.05) is 45.1 Å². The Morgan fingerprint density at radius 1 is 1.09 bits per heavy atom. The van der Waals surface area contributed by atoms with Crippen LogP contribution in [0.3, 0.4) is 0 Å². The van der Waals surface area contributed by atoms with Crippen LogP contribution in [0.15, 0.2) is 24.3 Å². The van der Waals surface area contributed by atoms with E-state index in [1.165, 1.54) is 0 Å². The summed E-state index contributed by atoms with van der Waals surface area (Å²) in [6, 6.07) is 6.82. The minimum atomic E-state index is -0.222. The Hall–Kier alpha value is -2.08. The molecule has 2 N–H and O–H groups in total. The number of carbonyl (C=O) groups excluding carboxylic acids is 2. The monoisotopic (exact) mass is 304 g/mol. The first-order valence-electron chi connectivity index (χ1n) is 7.73. The van der Waals surface area contributed by atoms with E-state index in [0.29, 0.717) is 17.8 Å². The molecular weight excluding hydrogens is 280 g/mol. The third-order valence-corrected chi connectivity index (χ3v) is 3.72. The fourth-order valence-electron chi connectivity index (χ4n) is 2.30. The third kappa shape index (κ3) is 4.46. The van der Waals surface area contributed by atoms with Crippen molar-refractivity contribution >= 4 is 17.6 Å². The number of hydrogen-bond donors (Lipinski definition) is 2. The average molecular weight is 304 g/mol. The fraction of sp³-hybridized carbons (Fsp3) is 0.500. The summed E-state index contributed by atoms with van der Waals surface area (Å²) in [4.78, 5) is 28.0. The van der Waals surface area contributed by atoms with E-state index in [1.54, 1.807) is 24.3 Å². The van der Waals surface area contributed by atoms with Gasteiger partial charge in [-0.05, 0) is 37.7 Å². The summed E-state index contributed by atoms with van der Waals surface area (Å²) in [5.41, 5.74) is 1.34. The van der Waals surface area contributed by atoms with Gasteiger partial charge in [-0.25, -0.2) is 4.79 Å². The molecule has 0 saturated carbocycles. The number of urea groups is 1. The van der Waals surface area contributed by atoms with Gasteiger partial charge < -0.3 is 20.4 Å². The minimum absolute atomic E-state index is 0.0510. The van der Waals surface area contributed by atoms with Gasteiger partial charge in [-0.15, -0.1) is 0 Å². The van der Waals surface area contributed by atoms with Gasteiger partial charge in [-0.1, -0.05) is 6.92 Å². The number of amides is 3. The molecule has 1 saturated heterocycles. The van der Waals surface area contributed by atoms with Gasteiger partial charge in [0.15, 0.2) is 0 Å². The highest BCUT2D eigenvalue weighted by atomic mass is 16.2. The lowest BCUT2D eigenvalue weighted by molar-refractivity contribution is 0.0664. The van der Waals surface area contributed by atoms with Crippen molar-refractivity contribution in [1.82, 2.24) is 15.1 Å². The SMILES string of the molecule is CCCNC(=O)Nc1ccc(C(=O)N2CCN(C)CC2)cc1. The van der Waals surface area contributed by atoms with Crippen molar-refractivity contribution in [3.8, 4) is 0 Å². The van der Waals surface area contributed by atoms with E-state index < -0.39 is 0 Å². The lowest BCUT2D eigenvalue weighted by Gasteiger charge is -2.32. The van der Waals surface area contributed by atoms with Crippen LogP contribution >= 0.6 is 0 Å². The van der Waals surface area contributed by atoms with Gasteiger partial charge in [-0.3, -0.25) is 4.79 Å². The summed E-state index contributed by atoms with van der Waals surface area (Å²) in [7, 11) is 2.06. The second-order valence-electron chi connectivity index (χ2n) is 5.55. The molecule has 0 radical (unpaired) electrons. The van der Waals surface area contributed by atoms with Gasteiger partial charge >= 0.3 is 6.03 Å². The molecule has 0 bridgehead atoms. The second-order valence-corrected chi connectivity index (χ2v) is 5.55. The molecule has 1 aromatic carbocycles. The van der Waals surface area contributed by atoms with Gasteiger partial charge in [0, 0.05) is 44.0 Å². The molecule has 1 aliphatic rings. The van der Waals surface area contributed by atoms with Crippen LogP contribution in [0.4, 0.5) is 10.5 Å². The van der Waals surface area contributed by atoms with Gasteiger partial charge in [-0.2, -0.15) is 0 Å². The van der Waals surface area contributed by atoms with Crippen LogP contribution in [0, 0.1) is 0 Å². The maximum Gasteiger partial charge on any atom is 0.319 e. The van der Waals surface area contributed by atoms with Crippen molar-refractivity contribution in [2.24, 2.45) is 0 Å². The predicted molar refractivity (Wildman–Crippen MR) is 87.2 cm³/mol. The molecule has 0 aromatic heterocycles. The zero-order valence-corrected chi connectivity index (χ0v) is 13.3. The molecule has 1 fully saturated rings. The Morgan fingerprint density at radius 2 is 1.73 bits per heavy atom. The van der Waals surface area contributed by atoms with Gasteiger partial charge in [0.25, 0.3) is 5.91 Å². The van der Waals surface area contributed by atoms with Crippen molar-refractivity contribution < 1.29 is 9.59 Å². The Labute approximate surface area is 131 Å². The Bertz CT molecular complexity index is 507. The van der Waals surface area contributed by atoms with Crippen molar-refractivity contribution in [3.63, 3.8) is 0 Å². The number of likely N-dealkylation sites (N-methyl/N-ethyl adjacent to an activating group) is 1. The molecule has 1 heterocycles. The smallest absolute Gasteiger partial charge is 0.319 e. The number of nitrogens with one attached hydrogen (secondary N) is 2. The summed E-state index contributed by atoms with van der Waals surface area (Å²) >= 11 is 0. The Balaban J connectivity index is 1.91. The average Bonchev–Trinajstić information content (AvgIpc) is 2.54. The van der Waals surface area contributed by atoms with Crippen LogP contribution in [-0.2, 0) is 0 Å². The minimum Gasteiger partial charge on any atom is -0.338 e. The molecule has 0 aliphatic carbocycles. The quantitative estimate of drug-likeness (QED) is 0.888. The number of benzene rings is 1. The molecule has 2 rings (SSSR count). The normalized spacial score (nSPS) is 15.5. The fourth-order valence-corrected chi connectivity index (χ4v) is 2.30. The topological polar surface area (TPSA) is 64.7 Å². The van der Waals surface area contributed by atoms with E-state index >= 15 is 0 Å². The van der Waals surface area contributed by atoms with Crippen molar-refractivity contribution in [3.05, 3.63) is 29.8 Å². The summed E-state index contributed by atoms with van der Waals surface area (Å²) in [5, 5.41) is 5.49. The summed E-state index contributed by atoms with van der Waals surface area (Å²) in [6.45, 7) is 5.97. The summed E-state index contributed by atoms with van der Waals surface area (Å²) < 4.78 is 0. The molecule has 6 heteroatoms. The van der Waals surface area contributed by atoms with Gasteiger partial charge in [0.1, 0.15) is 0 Å². The van der Waals surface area contributed by atoms with Crippen LogP contribution in [0.1, 0.15) is 23.7 Å². The number of anilines is 1. The van der Waals surface area contributed by atoms with Crippen molar-refractivity contribution in [2.45, 2.75) is 13.3 Å². The molecule has 0 atom stereocenters. The van der Waals surface area contributed by atoms with Crippen molar-refractivity contribution in [1.29, 1.82) is 0 Å². The largest absolute Gasteiger partial charge is 0.338 e. The number of piperazine rings is 1. The van der Waals surface area contributed by atoms with Crippen LogP contribution in [-0.4, -0.2) is 61.5 Å². The molecule has 1 aromatic rings. The molecular formula is C16H24N4O2. The van der Waals surface area contributed by atoms with E-state index in [1.807, 2.05) is 11.8 Å². The van der Waals surface area contributed by atoms with E-state index in [0.717, 1.165) is 32.6 Å². The van der Waals surface area contributed by atoms with Gasteiger partial charge in [0.2, 0.25) is 0 Å². The molecule has 120 valence electrons. The highest BCUT2D eigenvalue weighted by Crippen LogP contribution is 2.12. The predicted octanol–water partition coefficient (Wildman–Crippen LogP) is 1.61. The Kier molecular flexibility index (Phi) is 5.77. The van der Waals surface area contributed by atoms with Crippen LogP contribution in [0.2, 0.25) is 0 Å². The lowest BCUT2D eigenvalue weighted by atomic mass is 10.1. The molecule has 0 unspecified atom stereocenters. The number of carbonyl (C=O) groups is 2. The summed E-state index contributed by atoms with van der Waals surface area (Å²) in [6.07, 6.45) is 0.895. The zero-order valence-electron chi connectivity index (χ0n) is 13.3. The molecule has 3 amide bonds. The first-order valence-corrected chi connectivity index (χ1v) is 7.73. The van der Waals surface area contributed by atoms with E-state index in [9.17, 15) is 9.59 Å². The summed E-state index contributed by atoms with van der Waals surface area (Å²) in [5.74, 6) is 0.0510. The number of rotatable bonds is 4. The second kappa shape index (κ2) is 7.79. The van der Waals surface area contributed by atoms with E-state index in [-0.39, 0.29) is 11.9 Å². The Morgan fingerprint density at radius 3 is 2.32 bits per heavy atom.